The van der Waals surface area contributed by atoms with E-state index in [1.807, 2.05) is 42.5 Å². The van der Waals surface area contributed by atoms with Gasteiger partial charge in [0.15, 0.2) is 5.58 Å². The Bertz CT molecular complexity index is 1050. The number of hydrogen-bond donors (Lipinski definition) is 1. The number of methoxy groups -OCH3 is 1. The quantitative estimate of drug-likeness (QED) is 0.589. The molecule has 7 nitrogen and oxygen atoms in total. The Morgan fingerprint density at radius 2 is 1.82 bits per heavy atom. The number of hydrogen-bond acceptors (Lipinski definition) is 6. The minimum Gasteiger partial charge on any atom is -0.496 e. The van der Waals surface area contributed by atoms with Crippen molar-refractivity contribution in [2.75, 3.05) is 44.7 Å². The van der Waals surface area contributed by atoms with Crippen molar-refractivity contribution in [3.63, 3.8) is 0 Å². The van der Waals surface area contributed by atoms with Gasteiger partial charge in [0.25, 0.3) is 6.01 Å². The van der Waals surface area contributed by atoms with Gasteiger partial charge in [-0.1, -0.05) is 30.3 Å². The molecule has 0 saturated carbocycles. The molecule has 0 bridgehead atoms. The van der Waals surface area contributed by atoms with E-state index in [4.69, 9.17) is 9.15 Å². The first-order valence-electron chi connectivity index (χ1n) is 12.0. The molecule has 2 aliphatic rings. The van der Waals surface area contributed by atoms with Gasteiger partial charge in [-0.15, -0.1) is 0 Å². The highest BCUT2D eigenvalue weighted by Gasteiger charge is 2.30. The number of carbonyl (C=O) groups excluding carboxylic acids is 1. The topological polar surface area (TPSA) is 70.8 Å². The Morgan fingerprint density at radius 3 is 2.58 bits per heavy atom. The molecule has 7 heteroatoms. The molecule has 0 aliphatic carbocycles. The molecule has 2 saturated heterocycles. The van der Waals surface area contributed by atoms with Gasteiger partial charge in [0.2, 0.25) is 5.91 Å². The van der Waals surface area contributed by atoms with Crippen molar-refractivity contribution in [3.8, 4) is 5.75 Å². The van der Waals surface area contributed by atoms with Crippen LogP contribution in [-0.2, 0) is 4.79 Å². The maximum atomic E-state index is 13.1. The van der Waals surface area contributed by atoms with Crippen molar-refractivity contribution >= 4 is 23.0 Å². The molecule has 1 atom stereocenters. The SMILES string of the molecule is COc1ccccc1[C@H](CNC(=O)C1CCN(c2nc3ccccc3o2)CC1)N1CCCC1. The van der Waals surface area contributed by atoms with E-state index in [1.54, 1.807) is 7.11 Å². The van der Waals surface area contributed by atoms with Crippen molar-refractivity contribution in [2.24, 2.45) is 5.92 Å². The van der Waals surface area contributed by atoms with Gasteiger partial charge >= 0.3 is 0 Å². The van der Waals surface area contributed by atoms with Crippen LogP contribution in [0.4, 0.5) is 6.01 Å². The average molecular weight is 449 g/mol. The van der Waals surface area contributed by atoms with Crippen LogP contribution in [0.2, 0.25) is 0 Å². The molecule has 1 amide bonds. The lowest BCUT2D eigenvalue weighted by Gasteiger charge is -2.32. The molecule has 1 N–H and O–H groups in total. The molecule has 3 heterocycles. The predicted octanol–water partition coefficient (Wildman–Crippen LogP) is 4.01. The van der Waals surface area contributed by atoms with Crippen molar-refractivity contribution in [2.45, 2.75) is 31.7 Å². The largest absolute Gasteiger partial charge is 0.496 e. The number of carbonyl (C=O) groups is 1. The van der Waals surface area contributed by atoms with Crippen LogP contribution in [0.5, 0.6) is 5.75 Å². The average Bonchev–Trinajstić information content (AvgIpc) is 3.55. The van der Waals surface area contributed by atoms with E-state index < -0.39 is 0 Å². The third kappa shape index (κ3) is 4.69. The molecule has 0 spiro atoms. The number of para-hydroxylation sites is 3. The smallest absolute Gasteiger partial charge is 0.298 e. The van der Waals surface area contributed by atoms with E-state index in [-0.39, 0.29) is 17.9 Å². The van der Waals surface area contributed by atoms with Gasteiger partial charge < -0.3 is 19.4 Å². The van der Waals surface area contributed by atoms with Crippen LogP contribution in [0.3, 0.4) is 0 Å². The molecular weight excluding hydrogens is 416 g/mol. The molecule has 3 aromatic rings. The molecule has 5 rings (SSSR count). The number of oxazole rings is 1. The molecule has 2 aliphatic heterocycles. The van der Waals surface area contributed by atoms with Crippen LogP contribution < -0.4 is 15.0 Å². The van der Waals surface area contributed by atoms with Gasteiger partial charge in [-0.3, -0.25) is 9.69 Å². The van der Waals surface area contributed by atoms with Gasteiger partial charge in [0, 0.05) is 31.1 Å². The second-order valence-corrected chi connectivity index (χ2v) is 8.97. The Labute approximate surface area is 194 Å². The fourth-order valence-electron chi connectivity index (χ4n) is 5.10. The van der Waals surface area contributed by atoms with E-state index in [0.29, 0.717) is 12.6 Å². The van der Waals surface area contributed by atoms with Crippen molar-refractivity contribution < 1.29 is 13.9 Å². The zero-order chi connectivity index (χ0) is 22.6. The maximum Gasteiger partial charge on any atom is 0.298 e. The normalized spacial score (nSPS) is 18.5. The lowest BCUT2D eigenvalue weighted by atomic mass is 9.95. The number of amides is 1. The summed E-state index contributed by atoms with van der Waals surface area (Å²) in [4.78, 5) is 22.3. The van der Waals surface area contributed by atoms with Crippen LogP contribution in [0, 0.1) is 5.92 Å². The number of aromatic nitrogens is 1. The number of anilines is 1. The van der Waals surface area contributed by atoms with E-state index in [0.717, 1.165) is 61.4 Å². The standard InChI is InChI=1S/C26H32N4O3/c1-32-23-10-4-2-8-20(23)22(29-14-6-7-15-29)18-27-25(31)19-12-16-30(17-13-19)26-28-21-9-3-5-11-24(21)33-26/h2-5,8-11,19,22H,6-7,12-18H2,1H3,(H,27,31)/t22-/m0/s1. The van der Waals surface area contributed by atoms with Crippen LogP contribution in [0.25, 0.3) is 11.1 Å². The molecule has 2 aromatic carbocycles. The van der Waals surface area contributed by atoms with Gasteiger partial charge in [-0.05, 0) is 57.0 Å². The summed E-state index contributed by atoms with van der Waals surface area (Å²) in [6.45, 7) is 4.26. The monoisotopic (exact) mass is 448 g/mol. The van der Waals surface area contributed by atoms with Crippen LogP contribution in [0.15, 0.2) is 52.9 Å². The van der Waals surface area contributed by atoms with Crippen LogP contribution in [-0.4, -0.2) is 55.6 Å². The van der Waals surface area contributed by atoms with E-state index in [1.165, 1.54) is 12.8 Å². The molecule has 2 fully saturated rings. The number of fused-ring (bicyclic) bond motifs is 1. The zero-order valence-corrected chi connectivity index (χ0v) is 19.2. The first-order valence-corrected chi connectivity index (χ1v) is 12.0. The van der Waals surface area contributed by atoms with E-state index in [9.17, 15) is 4.79 Å². The molecular formula is C26H32N4O3. The Kier molecular flexibility index (Phi) is 6.48. The van der Waals surface area contributed by atoms with Gasteiger partial charge in [0.1, 0.15) is 11.3 Å². The highest BCUT2D eigenvalue weighted by atomic mass is 16.5. The van der Waals surface area contributed by atoms with Crippen LogP contribution >= 0.6 is 0 Å². The molecule has 174 valence electrons. The minimum atomic E-state index is 0.0162. The molecule has 1 aromatic heterocycles. The summed E-state index contributed by atoms with van der Waals surface area (Å²) in [6, 6.07) is 16.8. The third-order valence-electron chi connectivity index (χ3n) is 6.97. The summed E-state index contributed by atoms with van der Waals surface area (Å²) in [5, 5.41) is 3.26. The third-order valence-corrected chi connectivity index (χ3v) is 6.97. The molecule has 33 heavy (non-hydrogen) atoms. The lowest BCUT2D eigenvalue weighted by molar-refractivity contribution is -0.125. The number of piperidine rings is 1. The Morgan fingerprint density at radius 1 is 1.09 bits per heavy atom. The second-order valence-electron chi connectivity index (χ2n) is 8.97. The fraction of sp³-hybridized carbons (Fsp3) is 0.462. The summed E-state index contributed by atoms with van der Waals surface area (Å²) in [7, 11) is 1.71. The second kappa shape index (κ2) is 9.83. The summed E-state index contributed by atoms with van der Waals surface area (Å²) in [5.41, 5.74) is 2.82. The fourth-order valence-corrected chi connectivity index (χ4v) is 5.10. The van der Waals surface area contributed by atoms with Crippen molar-refractivity contribution in [3.05, 3.63) is 54.1 Å². The lowest BCUT2D eigenvalue weighted by Crippen LogP contribution is -2.43. The Hall–Kier alpha value is -3.06. The molecule has 0 unspecified atom stereocenters. The number of benzene rings is 2. The highest BCUT2D eigenvalue weighted by molar-refractivity contribution is 5.79. The predicted molar refractivity (Wildman–Crippen MR) is 128 cm³/mol. The number of nitrogens with one attached hydrogen (secondary N) is 1. The number of ether oxygens (including phenoxy) is 1. The van der Waals surface area contributed by atoms with Crippen molar-refractivity contribution in [1.29, 1.82) is 0 Å². The van der Waals surface area contributed by atoms with Gasteiger partial charge in [-0.25, -0.2) is 0 Å². The summed E-state index contributed by atoms with van der Waals surface area (Å²) in [5.74, 6) is 1.05. The zero-order valence-electron chi connectivity index (χ0n) is 19.2. The van der Waals surface area contributed by atoms with Gasteiger partial charge in [-0.2, -0.15) is 4.98 Å². The van der Waals surface area contributed by atoms with Crippen LogP contribution in [0.1, 0.15) is 37.3 Å². The minimum absolute atomic E-state index is 0.0162. The van der Waals surface area contributed by atoms with E-state index >= 15 is 0 Å². The van der Waals surface area contributed by atoms with Crippen molar-refractivity contribution in [1.82, 2.24) is 15.2 Å². The summed E-state index contributed by atoms with van der Waals surface area (Å²) >= 11 is 0. The van der Waals surface area contributed by atoms with E-state index in [2.05, 4.69) is 26.2 Å². The number of rotatable bonds is 7. The number of nitrogens with zero attached hydrogens (tertiary/aromatic N) is 3. The Balaban J connectivity index is 1.20. The maximum absolute atomic E-state index is 13.1. The van der Waals surface area contributed by atoms with Gasteiger partial charge in [0.05, 0.1) is 13.2 Å². The molecule has 0 radical (unpaired) electrons. The summed E-state index contributed by atoms with van der Waals surface area (Å²) < 4.78 is 11.5. The summed E-state index contributed by atoms with van der Waals surface area (Å²) in [6.07, 6.45) is 4.00. The first kappa shape index (κ1) is 21.8. The first-order chi connectivity index (χ1) is 16.2. The number of likely N-dealkylation sites (tertiary alicyclic amines) is 1. The highest BCUT2D eigenvalue weighted by Crippen LogP contribution is 2.32.